The first kappa shape index (κ1) is 903. The molecule has 0 amide bonds. The summed E-state index contributed by atoms with van der Waals surface area (Å²) < 4.78 is 0. The molecule has 0 rings (SSSR count). The highest BCUT2D eigenvalue weighted by Crippen LogP contribution is -0.375. The summed E-state index contributed by atoms with van der Waals surface area (Å²) in [5, 5.41) is 0. The van der Waals surface area contributed by atoms with Crippen LogP contribution in [0.4, 0.5) is 0 Å². The Balaban J connectivity index is 0. The zero-order valence-electron chi connectivity index (χ0n) is 3.96. The molecule has 0 spiro atoms. The summed E-state index contributed by atoms with van der Waals surface area (Å²) in [6.45, 7) is 0. The second-order valence-electron chi connectivity index (χ2n) is 0. The van der Waals surface area contributed by atoms with E-state index in [1.165, 1.54) is 0 Å². The third-order valence-electron chi connectivity index (χ3n) is 0. The van der Waals surface area contributed by atoms with Crippen LogP contribution in [0.15, 0.2) is 0 Å². The summed E-state index contributed by atoms with van der Waals surface area (Å²) in [6.07, 6.45) is 0. The van der Waals surface area contributed by atoms with E-state index in [4.69, 9.17) is 0 Å². The Labute approximate surface area is 62.1 Å². The van der Waals surface area contributed by atoms with Crippen molar-refractivity contribution >= 4 is 61.4 Å². The lowest BCUT2D eigenvalue weighted by Gasteiger charge is -0.00100. The molecule has 0 fully saturated rings. The van der Waals surface area contributed by atoms with Gasteiger partial charge < -0.3 is 0 Å². The first-order valence-electron chi connectivity index (χ1n) is 0. The summed E-state index contributed by atoms with van der Waals surface area (Å²) in [4.78, 5) is 0. The van der Waals surface area contributed by atoms with Crippen LogP contribution in [-0.2, 0) is 0 Å². The van der Waals surface area contributed by atoms with Crippen molar-refractivity contribution in [3.05, 3.63) is 0 Å². The van der Waals surface area contributed by atoms with E-state index < -0.39 is 0 Å². The van der Waals surface area contributed by atoms with Crippen molar-refractivity contribution in [2.24, 2.45) is 0 Å². The Bertz CT molecular complexity index is 4.14. The molecule has 0 aliphatic heterocycles. The fourth-order valence-corrected chi connectivity index (χ4v) is 0. The summed E-state index contributed by atoms with van der Waals surface area (Å²) >= 11 is 0. The van der Waals surface area contributed by atoms with Crippen LogP contribution in [-0.4, -0.2) is 61.4 Å². The molecule has 0 aliphatic carbocycles. The molecule has 0 aromatic rings. The highest BCUT2D eigenvalue weighted by atomic mass is 28.1. The monoisotopic (exact) mass is 94.0 g/mol. The Hall–Kier alpha value is 0.606. The molecular formula is B6Si. The minimum absolute atomic E-state index is 0. The molecule has 22 valence electrons. The van der Waals surface area contributed by atoms with Gasteiger partial charge in [-0.05, 0) is 0 Å². The van der Waals surface area contributed by atoms with Crippen molar-refractivity contribution in [2.45, 2.75) is 0 Å². The highest BCUT2D eigenvalue weighted by molar-refractivity contribution is 5.76. The Morgan fingerprint density at radius 1 is 0.286 bits per heavy atom. The van der Waals surface area contributed by atoms with Crippen LogP contribution < -0.4 is 0 Å². The fraction of sp³-hybridized carbons (Fsp3) is 0. The van der Waals surface area contributed by atoms with Gasteiger partial charge in [0.25, 0.3) is 0 Å². The standard InChI is InChI=1S/6B.Si. The van der Waals surface area contributed by atoms with Crippen molar-refractivity contribution in [1.82, 2.24) is 0 Å². The van der Waals surface area contributed by atoms with Gasteiger partial charge in [-0.15, -0.1) is 0 Å². The van der Waals surface area contributed by atoms with Gasteiger partial charge >= 0.3 is 0 Å². The van der Waals surface area contributed by atoms with Gasteiger partial charge in [0.15, 0.2) is 0 Å². The summed E-state index contributed by atoms with van der Waals surface area (Å²) in [7, 11) is 0. The molecule has 0 aromatic heterocycles. The van der Waals surface area contributed by atoms with E-state index in [1.54, 1.807) is 0 Å². The molecule has 7 heteroatoms. The minimum atomic E-state index is 0. The molecule has 0 saturated heterocycles. The molecule has 0 saturated carbocycles. The van der Waals surface area contributed by atoms with Crippen molar-refractivity contribution in [2.75, 3.05) is 0 Å². The number of rotatable bonds is 0. The second-order valence-corrected chi connectivity index (χ2v) is 0. The lowest BCUT2D eigenvalue weighted by atomic mass is 10.8. The minimum Gasteiger partial charge on any atom is 0 e. The van der Waals surface area contributed by atoms with E-state index in [0.717, 1.165) is 0 Å². The predicted molar refractivity (Wildman–Crippen MR) is 40.3 cm³/mol. The molecule has 0 nitrogen and oxygen atoms in total. The smallest absolute Gasteiger partial charge is 0 e. The maximum absolute atomic E-state index is 0. The van der Waals surface area contributed by atoms with Gasteiger partial charge in [-0.25, -0.2) is 0 Å². The molecule has 0 unspecified atom stereocenters. The van der Waals surface area contributed by atoms with Crippen molar-refractivity contribution in [3.8, 4) is 0 Å². The van der Waals surface area contributed by atoms with E-state index in [0.29, 0.717) is 0 Å². The maximum Gasteiger partial charge on any atom is 0 e. The summed E-state index contributed by atoms with van der Waals surface area (Å²) in [6, 6.07) is 0. The normalized spacial score (nSPS) is 0. The average molecular weight is 93.0 g/mol. The molecule has 0 aliphatic rings. The van der Waals surface area contributed by atoms with Gasteiger partial charge in [-0.3, -0.25) is 0 Å². The van der Waals surface area contributed by atoms with Crippen LogP contribution in [0.25, 0.3) is 0 Å². The van der Waals surface area contributed by atoms with Gasteiger partial charge in [0, 0.05) is 61.4 Å². The SMILES string of the molecule is [B].[B].[B].[B].[B].[B].[Si]. The predicted octanol–water partition coefficient (Wildman–Crippen LogP) is -2.67. The molecule has 0 bridgehead atoms. The van der Waals surface area contributed by atoms with Gasteiger partial charge in [0.05, 0.1) is 0 Å². The molecule has 0 atom stereocenters. The van der Waals surface area contributed by atoms with E-state index >= 15 is 0 Å². The van der Waals surface area contributed by atoms with Gasteiger partial charge in [0.2, 0.25) is 0 Å². The molecule has 0 N–H and O–H groups in total. The Morgan fingerprint density at radius 3 is 0.286 bits per heavy atom. The Kier molecular flexibility index (Phi) is 72800. The first-order valence-corrected chi connectivity index (χ1v) is 0. The zero-order chi connectivity index (χ0) is 0. The second kappa shape index (κ2) is 565. The van der Waals surface area contributed by atoms with Crippen molar-refractivity contribution in [1.29, 1.82) is 0 Å². The first-order chi connectivity index (χ1) is 0. The van der Waals surface area contributed by atoms with E-state index in [-0.39, 0.29) is 61.4 Å². The third-order valence-corrected chi connectivity index (χ3v) is 0. The lowest BCUT2D eigenvalue weighted by Crippen LogP contribution is -0.382. The van der Waals surface area contributed by atoms with Crippen LogP contribution in [0.5, 0.6) is 0 Å². The van der Waals surface area contributed by atoms with Gasteiger partial charge in [-0.2, -0.15) is 0 Å². The van der Waals surface area contributed by atoms with Gasteiger partial charge in [-0.1, -0.05) is 0 Å². The van der Waals surface area contributed by atoms with Crippen LogP contribution in [0.2, 0.25) is 0 Å². The zero-order valence-corrected chi connectivity index (χ0v) is 4.96. The largest absolute Gasteiger partial charge is 0 e. The molecule has 22 radical (unpaired) electrons. The summed E-state index contributed by atoms with van der Waals surface area (Å²) in [5.41, 5.74) is 0. The van der Waals surface area contributed by atoms with E-state index in [9.17, 15) is 0 Å². The maximum atomic E-state index is 0. The quantitative estimate of drug-likeness (QED) is 0.286. The topological polar surface area (TPSA) is 0 Å². The molecule has 0 aromatic carbocycles. The van der Waals surface area contributed by atoms with Crippen LogP contribution in [0, 0.1) is 0 Å². The highest BCUT2D eigenvalue weighted by Gasteiger charge is 0.00600. The average Bonchev–Trinajstić information content (AvgIpc) is 0. The van der Waals surface area contributed by atoms with Crippen molar-refractivity contribution in [3.63, 3.8) is 0 Å². The lowest BCUT2D eigenvalue weighted by molar-refractivity contribution is 5.75. The van der Waals surface area contributed by atoms with E-state index in [2.05, 4.69) is 0 Å². The fourth-order valence-electron chi connectivity index (χ4n) is 0. The molecule has 7 heavy (non-hydrogen) atoms. The van der Waals surface area contributed by atoms with E-state index in [1.807, 2.05) is 0 Å². The van der Waals surface area contributed by atoms with Gasteiger partial charge in [0.1, 0.15) is 0 Å². The molecular weight excluding hydrogens is 93.0 g/mol. The van der Waals surface area contributed by atoms with Crippen molar-refractivity contribution < 1.29 is 0 Å². The number of hydrogen-bond acceptors (Lipinski definition) is 0. The Morgan fingerprint density at radius 2 is 0.286 bits per heavy atom. The summed E-state index contributed by atoms with van der Waals surface area (Å²) in [5.74, 6) is 0. The van der Waals surface area contributed by atoms with Crippen LogP contribution in [0.1, 0.15) is 0 Å². The van der Waals surface area contributed by atoms with Crippen LogP contribution >= 0.6 is 0 Å². The number of hydrogen-bond donors (Lipinski definition) is 0. The molecule has 0 heterocycles. The third kappa shape index (κ3) is 381. The van der Waals surface area contributed by atoms with Crippen LogP contribution in [0.3, 0.4) is 0 Å².